The van der Waals surface area contributed by atoms with Crippen LogP contribution >= 0.6 is 0 Å². The molecule has 0 fully saturated rings. The van der Waals surface area contributed by atoms with E-state index in [9.17, 15) is 26.0 Å². The van der Waals surface area contributed by atoms with Gasteiger partial charge in [0.1, 0.15) is 4.91 Å². The fraction of sp³-hybridized carbons (Fsp3) is 0.250. The van der Waals surface area contributed by atoms with Crippen molar-refractivity contribution in [2.24, 2.45) is 0 Å². The van der Waals surface area contributed by atoms with Gasteiger partial charge in [-0.1, -0.05) is 12.7 Å². The average molecular weight is 258 g/mol. The fourth-order valence-corrected chi connectivity index (χ4v) is 1.95. The Hall–Kier alpha value is -1.15. The van der Waals surface area contributed by atoms with Crippen LogP contribution in [0.4, 0.5) is 17.6 Å². The van der Waals surface area contributed by atoms with Crippen molar-refractivity contribution in [1.82, 2.24) is 0 Å². The highest BCUT2D eigenvalue weighted by molar-refractivity contribution is 7.89. The lowest BCUT2D eigenvalue weighted by molar-refractivity contribution is 0.219. The predicted octanol–water partition coefficient (Wildman–Crippen LogP) is 2.15. The molecule has 2 unspecified atom stereocenters. The molecular formula is C8H6F4O3S. The van der Waals surface area contributed by atoms with E-state index in [0.717, 1.165) is 0 Å². The molecule has 0 aromatic heterocycles. The number of rotatable bonds is 2. The maximum absolute atomic E-state index is 13.1. The van der Waals surface area contributed by atoms with Gasteiger partial charge in [0.05, 0.1) is 0 Å². The summed E-state index contributed by atoms with van der Waals surface area (Å²) in [6.45, 7) is 2.94. The monoisotopic (exact) mass is 258 g/mol. The smallest absolute Gasteiger partial charge is 0.282 e. The molecule has 1 N–H and O–H groups in total. The van der Waals surface area contributed by atoms with Crippen LogP contribution in [0.5, 0.6) is 0 Å². The van der Waals surface area contributed by atoms with Crippen molar-refractivity contribution < 1.29 is 30.5 Å². The van der Waals surface area contributed by atoms with Crippen LogP contribution in [0.25, 0.3) is 0 Å². The van der Waals surface area contributed by atoms with Crippen LogP contribution < -0.4 is 0 Å². The molecule has 0 saturated carbocycles. The van der Waals surface area contributed by atoms with Crippen LogP contribution in [-0.2, 0) is 10.1 Å². The van der Waals surface area contributed by atoms with E-state index in [2.05, 4.69) is 6.58 Å². The van der Waals surface area contributed by atoms with Gasteiger partial charge < -0.3 is 0 Å². The summed E-state index contributed by atoms with van der Waals surface area (Å²) in [5.41, 5.74) is -1.03. The Balaban J connectivity index is 3.55. The molecule has 0 bridgehead atoms. The largest absolute Gasteiger partial charge is 0.296 e. The van der Waals surface area contributed by atoms with Gasteiger partial charge in [-0.3, -0.25) is 4.55 Å². The lowest BCUT2D eigenvalue weighted by atomic mass is 9.99. The summed E-state index contributed by atoms with van der Waals surface area (Å²) in [5.74, 6) is -4.03. The minimum absolute atomic E-state index is 0.535. The zero-order valence-corrected chi connectivity index (χ0v) is 8.44. The van der Waals surface area contributed by atoms with Crippen molar-refractivity contribution in [2.45, 2.75) is 12.3 Å². The third-order valence-corrected chi connectivity index (χ3v) is 2.93. The fourth-order valence-electron chi connectivity index (χ4n) is 1.23. The Morgan fingerprint density at radius 1 is 1.19 bits per heavy atom. The highest BCUT2D eigenvalue weighted by atomic mass is 32.2. The van der Waals surface area contributed by atoms with E-state index in [1.165, 1.54) is 0 Å². The Morgan fingerprint density at radius 3 is 2.06 bits per heavy atom. The van der Waals surface area contributed by atoms with Gasteiger partial charge in [0.2, 0.25) is 0 Å². The summed E-state index contributed by atoms with van der Waals surface area (Å²) in [4.78, 5) is -1.94. The lowest BCUT2D eigenvalue weighted by Crippen LogP contribution is -2.30. The molecule has 0 aromatic carbocycles. The average Bonchev–Trinajstić information content (AvgIpc) is 2.14. The van der Waals surface area contributed by atoms with Crippen LogP contribution in [0.2, 0.25) is 0 Å². The maximum Gasteiger partial charge on any atom is 0.296 e. The van der Waals surface area contributed by atoms with Gasteiger partial charge in [-0.2, -0.15) is 8.42 Å². The van der Waals surface area contributed by atoms with Gasteiger partial charge in [0.15, 0.2) is 24.0 Å². The maximum atomic E-state index is 13.1. The summed E-state index contributed by atoms with van der Waals surface area (Å²) in [5, 5.41) is 0. The van der Waals surface area contributed by atoms with E-state index in [1.807, 2.05) is 0 Å². The topological polar surface area (TPSA) is 54.4 Å². The molecule has 2 atom stereocenters. The molecule has 1 rings (SSSR count). The second kappa shape index (κ2) is 4.02. The summed E-state index contributed by atoms with van der Waals surface area (Å²) >= 11 is 0. The molecule has 0 amide bonds. The first kappa shape index (κ1) is 12.9. The summed E-state index contributed by atoms with van der Waals surface area (Å²) in [7, 11) is -5.34. The molecule has 1 aliphatic rings. The molecule has 90 valence electrons. The molecule has 0 saturated heterocycles. The molecule has 3 nitrogen and oxygen atoms in total. The predicted molar refractivity (Wildman–Crippen MR) is 47.8 cm³/mol. The molecule has 0 heterocycles. The third kappa shape index (κ3) is 1.90. The van der Waals surface area contributed by atoms with Crippen molar-refractivity contribution in [3.8, 4) is 0 Å². The Kier molecular flexibility index (Phi) is 3.25. The Bertz CT molecular complexity index is 491. The van der Waals surface area contributed by atoms with Crippen LogP contribution in [0.3, 0.4) is 0 Å². The second-order valence-electron chi connectivity index (χ2n) is 2.93. The molecule has 8 heteroatoms. The molecule has 16 heavy (non-hydrogen) atoms. The number of halogens is 4. The highest BCUT2D eigenvalue weighted by Crippen LogP contribution is 2.38. The van der Waals surface area contributed by atoms with Gasteiger partial charge in [-0.15, -0.1) is 0 Å². The Morgan fingerprint density at radius 2 is 1.69 bits per heavy atom. The van der Waals surface area contributed by atoms with Gasteiger partial charge >= 0.3 is 0 Å². The van der Waals surface area contributed by atoms with Crippen LogP contribution in [0.1, 0.15) is 0 Å². The molecule has 0 aromatic rings. The van der Waals surface area contributed by atoms with Crippen LogP contribution in [0, 0.1) is 0 Å². The van der Waals surface area contributed by atoms with Crippen molar-refractivity contribution in [1.29, 1.82) is 0 Å². The van der Waals surface area contributed by atoms with Crippen molar-refractivity contribution >= 4 is 10.1 Å². The minimum Gasteiger partial charge on any atom is -0.282 e. The second-order valence-corrected chi connectivity index (χ2v) is 4.32. The lowest BCUT2D eigenvalue weighted by Gasteiger charge is -2.21. The SMILES string of the molecule is C=CC1=C(F)C(F)=C(S(=O)(=O)O)C(F)C1F. The normalized spacial score (nSPS) is 27.3. The van der Waals surface area contributed by atoms with E-state index >= 15 is 0 Å². The van der Waals surface area contributed by atoms with Gasteiger partial charge in [-0.25, -0.2) is 17.6 Å². The van der Waals surface area contributed by atoms with Gasteiger partial charge in [0.25, 0.3) is 10.1 Å². The first-order valence-electron chi connectivity index (χ1n) is 3.89. The first-order valence-corrected chi connectivity index (χ1v) is 5.33. The highest BCUT2D eigenvalue weighted by Gasteiger charge is 2.43. The first-order chi connectivity index (χ1) is 7.21. The van der Waals surface area contributed by atoms with Crippen LogP contribution in [-0.4, -0.2) is 25.3 Å². The van der Waals surface area contributed by atoms with Gasteiger partial charge in [-0.05, 0) is 0 Å². The minimum atomic E-state index is -5.34. The van der Waals surface area contributed by atoms with E-state index in [0.29, 0.717) is 6.08 Å². The van der Waals surface area contributed by atoms with Crippen molar-refractivity contribution in [2.75, 3.05) is 0 Å². The molecule has 0 spiro atoms. The van der Waals surface area contributed by atoms with Crippen molar-refractivity contribution in [3.05, 3.63) is 34.8 Å². The Labute approximate surface area is 88.5 Å². The van der Waals surface area contributed by atoms with Crippen LogP contribution in [0.15, 0.2) is 34.8 Å². The zero-order chi connectivity index (χ0) is 12.7. The molecule has 0 radical (unpaired) electrons. The molecule has 0 aliphatic heterocycles. The summed E-state index contributed by atoms with van der Waals surface area (Å²) in [6.07, 6.45) is -5.19. The number of alkyl halides is 2. The van der Waals surface area contributed by atoms with E-state index in [1.54, 1.807) is 0 Å². The van der Waals surface area contributed by atoms with Crippen molar-refractivity contribution in [3.63, 3.8) is 0 Å². The number of hydrogen-bond donors (Lipinski definition) is 1. The molecule has 1 aliphatic carbocycles. The summed E-state index contributed by atoms with van der Waals surface area (Å²) < 4.78 is 81.8. The molecular weight excluding hydrogens is 252 g/mol. The van der Waals surface area contributed by atoms with Gasteiger partial charge in [0, 0.05) is 5.57 Å². The van der Waals surface area contributed by atoms with E-state index in [-0.39, 0.29) is 0 Å². The van der Waals surface area contributed by atoms with E-state index in [4.69, 9.17) is 4.55 Å². The number of hydrogen-bond acceptors (Lipinski definition) is 2. The third-order valence-electron chi connectivity index (χ3n) is 1.96. The number of allylic oxidation sites excluding steroid dienone is 5. The zero-order valence-electron chi connectivity index (χ0n) is 7.62. The van der Waals surface area contributed by atoms with E-state index < -0.39 is 44.6 Å². The standard InChI is InChI=1S/C8H6F4O3S/c1-2-3-4(9)6(11)8(16(13,14)15)7(12)5(3)10/h2,4,6H,1H2,(H,13,14,15). The summed E-state index contributed by atoms with van der Waals surface area (Å²) in [6, 6.07) is 0. The quantitative estimate of drug-likeness (QED) is 0.610.